The number of carbonyl (C=O) groups excluding carboxylic acids is 1. The van der Waals surface area contributed by atoms with Crippen molar-refractivity contribution in [3.63, 3.8) is 0 Å². The normalized spacial score (nSPS) is 16.8. The molecule has 1 amide bonds. The molecule has 6 nitrogen and oxygen atoms in total. The van der Waals surface area contributed by atoms with Crippen LogP contribution < -0.4 is 10.1 Å². The lowest BCUT2D eigenvalue weighted by molar-refractivity contribution is 0.0886. The van der Waals surface area contributed by atoms with Gasteiger partial charge < -0.3 is 15.0 Å². The van der Waals surface area contributed by atoms with Gasteiger partial charge in [0.05, 0.1) is 13.2 Å². The molecule has 1 aromatic carbocycles. The van der Waals surface area contributed by atoms with Crippen LogP contribution in [0.15, 0.2) is 48.8 Å². The Bertz CT molecular complexity index is 698. The van der Waals surface area contributed by atoms with Gasteiger partial charge in [-0.15, -0.1) is 0 Å². The Hall–Kier alpha value is -2.44. The molecule has 26 heavy (non-hydrogen) atoms. The Morgan fingerprint density at radius 1 is 1.12 bits per heavy atom. The number of rotatable bonds is 6. The zero-order chi connectivity index (χ0) is 18.4. The highest BCUT2D eigenvalue weighted by Crippen LogP contribution is 2.24. The van der Waals surface area contributed by atoms with Crippen LogP contribution in [-0.4, -0.2) is 67.6 Å². The second kappa shape index (κ2) is 8.78. The third kappa shape index (κ3) is 4.59. The molecule has 1 N–H and O–H groups in total. The maximum absolute atomic E-state index is 12.4. The second-order valence-corrected chi connectivity index (χ2v) is 6.57. The molecule has 3 rings (SSSR count). The van der Waals surface area contributed by atoms with Crippen LogP contribution in [-0.2, 0) is 0 Å². The molecule has 138 valence electrons. The molecule has 0 aliphatic carbocycles. The van der Waals surface area contributed by atoms with E-state index in [0.717, 1.165) is 31.9 Å². The Morgan fingerprint density at radius 2 is 1.77 bits per heavy atom. The van der Waals surface area contributed by atoms with Gasteiger partial charge in [-0.1, -0.05) is 12.1 Å². The van der Waals surface area contributed by atoms with E-state index in [9.17, 15) is 4.79 Å². The molecular formula is C20H26N4O2. The van der Waals surface area contributed by atoms with Gasteiger partial charge in [0.25, 0.3) is 5.91 Å². The van der Waals surface area contributed by atoms with Crippen molar-refractivity contribution >= 4 is 5.91 Å². The van der Waals surface area contributed by atoms with Gasteiger partial charge in [-0.25, -0.2) is 0 Å². The summed E-state index contributed by atoms with van der Waals surface area (Å²) >= 11 is 0. The highest BCUT2D eigenvalue weighted by atomic mass is 16.5. The van der Waals surface area contributed by atoms with Gasteiger partial charge >= 0.3 is 0 Å². The van der Waals surface area contributed by atoms with E-state index in [2.05, 4.69) is 39.3 Å². The van der Waals surface area contributed by atoms with Crippen molar-refractivity contribution in [2.45, 2.75) is 6.04 Å². The molecule has 6 heteroatoms. The first-order chi connectivity index (χ1) is 12.7. The Balaban J connectivity index is 1.72. The summed E-state index contributed by atoms with van der Waals surface area (Å²) in [7, 11) is 3.81. The van der Waals surface area contributed by atoms with Crippen LogP contribution in [0.4, 0.5) is 0 Å². The Kier molecular flexibility index (Phi) is 6.20. The fraction of sp³-hybridized carbons (Fsp3) is 0.400. The van der Waals surface area contributed by atoms with Gasteiger partial charge in [0.15, 0.2) is 0 Å². The van der Waals surface area contributed by atoms with E-state index in [1.165, 1.54) is 5.56 Å². The first-order valence-corrected chi connectivity index (χ1v) is 8.92. The summed E-state index contributed by atoms with van der Waals surface area (Å²) in [6.45, 7) is 4.60. The predicted molar refractivity (Wildman–Crippen MR) is 101 cm³/mol. The summed E-state index contributed by atoms with van der Waals surface area (Å²) in [5, 5.41) is 3.08. The van der Waals surface area contributed by atoms with E-state index in [0.29, 0.717) is 12.1 Å². The van der Waals surface area contributed by atoms with E-state index in [-0.39, 0.29) is 11.9 Å². The van der Waals surface area contributed by atoms with Crippen LogP contribution in [0.25, 0.3) is 0 Å². The number of nitrogens with one attached hydrogen (secondary N) is 1. The number of carbonyl (C=O) groups is 1. The van der Waals surface area contributed by atoms with E-state index in [1.807, 2.05) is 12.1 Å². The third-order valence-corrected chi connectivity index (χ3v) is 4.88. The zero-order valence-electron chi connectivity index (χ0n) is 15.4. The topological polar surface area (TPSA) is 57.7 Å². The largest absolute Gasteiger partial charge is 0.497 e. The van der Waals surface area contributed by atoms with E-state index in [1.54, 1.807) is 31.6 Å². The summed E-state index contributed by atoms with van der Waals surface area (Å²) in [5.41, 5.74) is 1.82. The molecule has 0 spiro atoms. The van der Waals surface area contributed by atoms with Gasteiger partial charge in [-0.3, -0.25) is 14.7 Å². The first-order valence-electron chi connectivity index (χ1n) is 8.92. The van der Waals surface area contributed by atoms with Crippen molar-refractivity contribution in [2.75, 3.05) is 46.9 Å². The minimum atomic E-state index is -0.0694. The third-order valence-electron chi connectivity index (χ3n) is 4.88. The van der Waals surface area contributed by atoms with Crippen LogP contribution in [0.1, 0.15) is 22.0 Å². The fourth-order valence-electron chi connectivity index (χ4n) is 3.21. The van der Waals surface area contributed by atoms with Crippen LogP contribution >= 0.6 is 0 Å². The van der Waals surface area contributed by atoms with Crippen LogP contribution in [0.3, 0.4) is 0 Å². The van der Waals surface area contributed by atoms with Crippen molar-refractivity contribution in [3.05, 3.63) is 59.9 Å². The Morgan fingerprint density at radius 3 is 2.38 bits per heavy atom. The molecule has 1 unspecified atom stereocenters. The van der Waals surface area contributed by atoms with Crippen LogP contribution in [0, 0.1) is 0 Å². The highest BCUT2D eigenvalue weighted by molar-refractivity contribution is 5.93. The lowest BCUT2D eigenvalue weighted by Crippen LogP contribution is -2.48. The number of hydrogen-bond donors (Lipinski definition) is 1. The molecule has 1 aliphatic heterocycles. The molecule has 2 heterocycles. The molecule has 2 aromatic rings. The number of amides is 1. The van der Waals surface area contributed by atoms with E-state index in [4.69, 9.17) is 4.74 Å². The SMILES string of the molecule is COc1ccc(C(CNC(=O)c2ccncc2)N2CCN(C)CC2)cc1. The van der Waals surface area contributed by atoms with Crippen molar-refractivity contribution in [2.24, 2.45) is 0 Å². The summed E-state index contributed by atoms with van der Waals surface area (Å²) in [6.07, 6.45) is 3.27. The number of hydrogen-bond acceptors (Lipinski definition) is 5. The summed E-state index contributed by atoms with van der Waals surface area (Å²) in [5.74, 6) is 0.770. The molecule has 1 aliphatic rings. The summed E-state index contributed by atoms with van der Waals surface area (Å²) in [4.78, 5) is 21.2. The van der Waals surface area contributed by atoms with Gasteiger partial charge in [0.1, 0.15) is 5.75 Å². The number of benzene rings is 1. The second-order valence-electron chi connectivity index (χ2n) is 6.57. The molecule has 0 bridgehead atoms. The summed E-state index contributed by atoms with van der Waals surface area (Å²) < 4.78 is 5.27. The zero-order valence-corrected chi connectivity index (χ0v) is 15.4. The fourth-order valence-corrected chi connectivity index (χ4v) is 3.21. The lowest BCUT2D eigenvalue weighted by Gasteiger charge is -2.38. The average Bonchev–Trinajstić information content (AvgIpc) is 2.70. The van der Waals surface area contributed by atoms with E-state index >= 15 is 0 Å². The predicted octanol–water partition coefficient (Wildman–Crippen LogP) is 1.81. The monoisotopic (exact) mass is 354 g/mol. The molecule has 1 aromatic heterocycles. The maximum Gasteiger partial charge on any atom is 0.251 e. The van der Waals surface area contributed by atoms with Gasteiger partial charge in [-0.05, 0) is 36.9 Å². The average molecular weight is 354 g/mol. The standard InChI is InChI=1S/C20H26N4O2/c1-23-11-13-24(14-12-23)19(16-3-5-18(26-2)6-4-16)15-22-20(25)17-7-9-21-10-8-17/h3-10,19H,11-15H2,1-2H3,(H,22,25). The number of ether oxygens (including phenoxy) is 1. The minimum absolute atomic E-state index is 0.0694. The van der Waals surface area contributed by atoms with Crippen molar-refractivity contribution in [1.29, 1.82) is 0 Å². The number of likely N-dealkylation sites (N-methyl/N-ethyl adjacent to an activating group) is 1. The maximum atomic E-state index is 12.4. The quantitative estimate of drug-likeness (QED) is 0.857. The molecule has 0 radical (unpaired) electrons. The van der Waals surface area contributed by atoms with Crippen molar-refractivity contribution in [1.82, 2.24) is 20.1 Å². The van der Waals surface area contributed by atoms with Crippen molar-refractivity contribution < 1.29 is 9.53 Å². The number of methoxy groups -OCH3 is 1. The summed E-state index contributed by atoms with van der Waals surface area (Å²) in [6, 6.07) is 11.7. The van der Waals surface area contributed by atoms with Crippen LogP contribution in [0.5, 0.6) is 5.75 Å². The number of pyridine rings is 1. The Labute approximate surface area is 154 Å². The molecule has 1 atom stereocenters. The van der Waals surface area contributed by atoms with Gasteiger partial charge in [-0.2, -0.15) is 0 Å². The van der Waals surface area contributed by atoms with Gasteiger partial charge in [0, 0.05) is 50.7 Å². The smallest absolute Gasteiger partial charge is 0.251 e. The first kappa shape index (κ1) is 18.4. The lowest BCUT2D eigenvalue weighted by atomic mass is 10.0. The minimum Gasteiger partial charge on any atom is -0.497 e. The van der Waals surface area contributed by atoms with Crippen molar-refractivity contribution in [3.8, 4) is 5.75 Å². The molecule has 1 fully saturated rings. The van der Waals surface area contributed by atoms with E-state index < -0.39 is 0 Å². The molecule has 0 saturated carbocycles. The number of aromatic nitrogens is 1. The van der Waals surface area contributed by atoms with Gasteiger partial charge in [0.2, 0.25) is 0 Å². The molecular weight excluding hydrogens is 328 g/mol. The number of piperazine rings is 1. The van der Waals surface area contributed by atoms with Crippen LogP contribution in [0.2, 0.25) is 0 Å². The molecule has 1 saturated heterocycles. The number of nitrogens with zero attached hydrogens (tertiary/aromatic N) is 3. The highest BCUT2D eigenvalue weighted by Gasteiger charge is 2.24.